The Morgan fingerprint density at radius 1 is 1.03 bits per heavy atom. The summed E-state index contributed by atoms with van der Waals surface area (Å²) in [6.45, 7) is 0.268. The predicted molar refractivity (Wildman–Crippen MR) is 131 cm³/mol. The van der Waals surface area contributed by atoms with Gasteiger partial charge in [-0.25, -0.2) is 4.79 Å². The number of para-hydroxylation sites is 1. The minimum absolute atomic E-state index is 0.268. The number of benzene rings is 2. The fraction of sp³-hybridized carbons (Fsp3) is 0.185. The molecule has 3 heterocycles. The van der Waals surface area contributed by atoms with E-state index in [-0.39, 0.29) is 12.3 Å². The van der Waals surface area contributed by atoms with Gasteiger partial charge in [-0.1, -0.05) is 36.4 Å². The van der Waals surface area contributed by atoms with Crippen molar-refractivity contribution in [2.75, 3.05) is 13.7 Å². The fourth-order valence-corrected chi connectivity index (χ4v) is 5.39. The second kappa shape index (κ2) is 9.31. The van der Waals surface area contributed by atoms with E-state index in [9.17, 15) is 19.2 Å². The Bertz CT molecular complexity index is 1420. The number of nitrogens with zero attached hydrogens (tertiary/aromatic N) is 1. The van der Waals surface area contributed by atoms with Gasteiger partial charge in [-0.3, -0.25) is 14.4 Å². The van der Waals surface area contributed by atoms with Crippen molar-refractivity contribution < 1.29 is 23.9 Å². The standard InChI is InChI=1S/C27H22N2O5S/c1-34-27(33)17-10-8-16(9-11-17)23-22(24(30)21-7-4-14-35-21)25(31)26(32)29(23)13-12-18-15-28-20-6-3-2-5-19(18)20/h2-11,14-15,22-23,28H,12-13H2,1H3. The molecule has 2 aromatic carbocycles. The van der Waals surface area contributed by atoms with E-state index >= 15 is 0 Å². The molecule has 2 aromatic heterocycles. The van der Waals surface area contributed by atoms with Crippen LogP contribution in [0.15, 0.2) is 72.2 Å². The zero-order chi connectivity index (χ0) is 24.5. The number of fused-ring (bicyclic) bond motifs is 1. The molecule has 5 rings (SSSR count). The summed E-state index contributed by atoms with van der Waals surface area (Å²) in [6.07, 6.45) is 2.42. The monoisotopic (exact) mass is 486 g/mol. The summed E-state index contributed by atoms with van der Waals surface area (Å²) in [4.78, 5) is 56.7. The van der Waals surface area contributed by atoms with E-state index in [1.54, 1.807) is 41.8 Å². The quantitative estimate of drug-likeness (QED) is 0.183. The van der Waals surface area contributed by atoms with Crippen molar-refractivity contribution in [2.45, 2.75) is 12.5 Å². The van der Waals surface area contributed by atoms with Crippen LogP contribution in [0.5, 0.6) is 0 Å². The SMILES string of the molecule is COC(=O)c1ccc(C2C(C(=O)c3cccs3)C(=O)C(=O)N2CCc2c[nH]c3ccccc23)cc1. The Hall–Kier alpha value is -4.04. The van der Waals surface area contributed by atoms with Gasteiger partial charge < -0.3 is 14.6 Å². The van der Waals surface area contributed by atoms with Gasteiger partial charge in [0.05, 0.1) is 23.6 Å². The number of esters is 1. The lowest BCUT2D eigenvalue weighted by Crippen LogP contribution is -2.32. The molecule has 1 fully saturated rings. The number of rotatable bonds is 7. The minimum Gasteiger partial charge on any atom is -0.465 e. The molecule has 4 aromatic rings. The number of H-pyrrole nitrogens is 1. The van der Waals surface area contributed by atoms with Crippen LogP contribution in [0.3, 0.4) is 0 Å². The first-order valence-corrected chi connectivity index (χ1v) is 12.0. The number of amides is 1. The van der Waals surface area contributed by atoms with Gasteiger partial charge in [0.2, 0.25) is 5.78 Å². The molecule has 1 saturated heterocycles. The maximum atomic E-state index is 13.4. The Morgan fingerprint density at radius 2 is 1.80 bits per heavy atom. The minimum atomic E-state index is -1.15. The van der Waals surface area contributed by atoms with Crippen LogP contribution in [-0.2, 0) is 20.7 Å². The van der Waals surface area contributed by atoms with Crippen molar-refractivity contribution in [3.63, 3.8) is 0 Å². The zero-order valence-electron chi connectivity index (χ0n) is 18.9. The number of ketones is 2. The molecular weight excluding hydrogens is 464 g/mol. The summed E-state index contributed by atoms with van der Waals surface area (Å²) < 4.78 is 4.77. The zero-order valence-corrected chi connectivity index (χ0v) is 19.7. The molecule has 8 heteroatoms. The number of hydrogen-bond acceptors (Lipinski definition) is 6. The molecular formula is C27H22N2O5S. The molecule has 0 aliphatic carbocycles. The van der Waals surface area contributed by atoms with Gasteiger partial charge in [0, 0.05) is 23.6 Å². The summed E-state index contributed by atoms with van der Waals surface area (Å²) in [6, 6.07) is 17.0. The Balaban J connectivity index is 1.50. The predicted octanol–water partition coefficient (Wildman–Crippen LogP) is 4.21. The third-order valence-corrected chi connectivity index (χ3v) is 7.31. The first-order chi connectivity index (χ1) is 17.0. The molecule has 1 N–H and O–H groups in total. The van der Waals surface area contributed by atoms with Gasteiger partial charge in [0.15, 0.2) is 5.78 Å². The van der Waals surface area contributed by atoms with Gasteiger partial charge in [-0.15, -0.1) is 11.3 Å². The van der Waals surface area contributed by atoms with E-state index in [4.69, 9.17) is 4.74 Å². The first kappa shape index (κ1) is 22.7. The Morgan fingerprint density at radius 3 is 2.51 bits per heavy atom. The second-order valence-electron chi connectivity index (χ2n) is 8.35. The normalized spacial score (nSPS) is 17.8. The average Bonchev–Trinajstić information content (AvgIpc) is 3.62. The Kier molecular flexibility index (Phi) is 6.05. The number of Topliss-reactive ketones (excluding diaryl/α,β-unsaturated/α-hetero) is 2. The third-order valence-electron chi connectivity index (χ3n) is 6.42. The fourth-order valence-electron chi connectivity index (χ4n) is 4.69. The number of carbonyl (C=O) groups excluding carboxylic acids is 4. The number of ether oxygens (including phenoxy) is 1. The molecule has 1 aliphatic heterocycles. The van der Waals surface area contributed by atoms with Crippen LogP contribution in [0.2, 0.25) is 0 Å². The van der Waals surface area contributed by atoms with Crippen LogP contribution in [0.1, 0.15) is 37.2 Å². The van der Waals surface area contributed by atoms with Gasteiger partial charge in [-0.2, -0.15) is 0 Å². The smallest absolute Gasteiger partial charge is 0.337 e. The molecule has 2 atom stereocenters. The number of methoxy groups -OCH3 is 1. The van der Waals surface area contributed by atoms with Crippen molar-refractivity contribution in [1.29, 1.82) is 0 Å². The molecule has 1 aliphatic rings. The molecule has 176 valence electrons. The van der Waals surface area contributed by atoms with Gasteiger partial charge in [0.25, 0.3) is 5.91 Å². The average molecular weight is 487 g/mol. The van der Waals surface area contributed by atoms with Crippen molar-refractivity contribution in [2.24, 2.45) is 5.92 Å². The van der Waals surface area contributed by atoms with Crippen LogP contribution in [0.4, 0.5) is 0 Å². The maximum Gasteiger partial charge on any atom is 0.337 e. The summed E-state index contributed by atoms with van der Waals surface area (Å²) >= 11 is 1.24. The number of carbonyl (C=O) groups is 4. The van der Waals surface area contributed by atoms with Gasteiger partial charge >= 0.3 is 5.97 Å². The molecule has 0 bridgehead atoms. The Labute approximate surface area is 205 Å². The van der Waals surface area contributed by atoms with E-state index in [0.29, 0.717) is 22.4 Å². The van der Waals surface area contributed by atoms with E-state index in [1.165, 1.54) is 23.3 Å². The molecule has 7 nitrogen and oxygen atoms in total. The molecule has 35 heavy (non-hydrogen) atoms. The number of aromatic nitrogens is 1. The molecule has 2 unspecified atom stereocenters. The highest BCUT2D eigenvalue weighted by molar-refractivity contribution is 7.12. The van der Waals surface area contributed by atoms with Crippen molar-refractivity contribution in [3.05, 3.63) is 93.8 Å². The van der Waals surface area contributed by atoms with Crippen molar-refractivity contribution >= 4 is 45.7 Å². The lowest BCUT2D eigenvalue weighted by atomic mass is 9.88. The van der Waals surface area contributed by atoms with E-state index < -0.39 is 29.6 Å². The first-order valence-electron chi connectivity index (χ1n) is 11.2. The lowest BCUT2D eigenvalue weighted by molar-refractivity contribution is -0.140. The maximum absolute atomic E-state index is 13.4. The second-order valence-corrected chi connectivity index (χ2v) is 9.30. The summed E-state index contributed by atoms with van der Waals surface area (Å²) in [5.74, 6) is -3.37. The number of nitrogens with one attached hydrogen (secondary N) is 1. The highest BCUT2D eigenvalue weighted by Gasteiger charge is 2.51. The largest absolute Gasteiger partial charge is 0.465 e. The van der Waals surface area contributed by atoms with Gasteiger partial charge in [-0.05, 0) is 47.2 Å². The topological polar surface area (TPSA) is 96.5 Å². The number of likely N-dealkylation sites (tertiary alicyclic amines) is 1. The summed E-state index contributed by atoms with van der Waals surface area (Å²) in [5.41, 5.74) is 2.98. The number of hydrogen-bond donors (Lipinski definition) is 1. The molecule has 0 radical (unpaired) electrons. The van der Waals surface area contributed by atoms with E-state index in [1.807, 2.05) is 30.5 Å². The van der Waals surface area contributed by atoms with Crippen LogP contribution in [0.25, 0.3) is 10.9 Å². The summed E-state index contributed by atoms with van der Waals surface area (Å²) in [7, 11) is 1.30. The third kappa shape index (κ3) is 4.06. The van der Waals surface area contributed by atoms with Crippen LogP contribution in [0, 0.1) is 5.92 Å². The van der Waals surface area contributed by atoms with E-state index in [0.717, 1.165) is 16.5 Å². The number of thiophene rings is 1. The highest BCUT2D eigenvalue weighted by atomic mass is 32.1. The van der Waals surface area contributed by atoms with E-state index in [2.05, 4.69) is 4.98 Å². The van der Waals surface area contributed by atoms with Crippen molar-refractivity contribution in [1.82, 2.24) is 9.88 Å². The summed E-state index contributed by atoms with van der Waals surface area (Å²) in [5, 5.41) is 2.82. The van der Waals surface area contributed by atoms with Gasteiger partial charge in [0.1, 0.15) is 5.92 Å². The molecule has 0 saturated carbocycles. The van der Waals surface area contributed by atoms with Crippen molar-refractivity contribution in [3.8, 4) is 0 Å². The molecule has 1 amide bonds. The lowest BCUT2D eigenvalue weighted by Gasteiger charge is -2.27. The van der Waals surface area contributed by atoms with Crippen LogP contribution in [-0.4, -0.2) is 47.0 Å². The van der Waals surface area contributed by atoms with Crippen LogP contribution >= 0.6 is 11.3 Å². The van der Waals surface area contributed by atoms with Crippen LogP contribution < -0.4 is 0 Å². The number of aromatic amines is 1. The molecule has 0 spiro atoms. The highest BCUT2D eigenvalue weighted by Crippen LogP contribution is 2.39.